The van der Waals surface area contributed by atoms with Crippen LogP contribution in [0, 0.1) is 13.8 Å². The average molecular weight is 279 g/mol. The molecule has 2 aromatic carbocycles. The molecule has 92 valence electrons. The Labute approximate surface area is 116 Å². The Morgan fingerprint density at radius 2 is 1.61 bits per heavy atom. The van der Waals surface area contributed by atoms with Gasteiger partial charge >= 0.3 is 0 Å². The molecule has 0 aliphatic rings. The minimum Gasteiger partial charge on any atom is -0.288 e. The maximum atomic E-state index is 12.5. The third-order valence-corrected chi connectivity index (χ3v) is 3.46. The van der Waals surface area contributed by atoms with Crippen molar-refractivity contribution < 1.29 is 4.79 Å². The second-order valence-corrected chi connectivity index (χ2v) is 5.06. The highest BCUT2D eigenvalue weighted by Gasteiger charge is 2.18. The van der Waals surface area contributed by atoms with Gasteiger partial charge in [-0.25, -0.2) is 0 Å². The van der Waals surface area contributed by atoms with Gasteiger partial charge in [-0.1, -0.05) is 47.0 Å². The Morgan fingerprint density at radius 1 is 1.00 bits per heavy atom. The summed E-state index contributed by atoms with van der Waals surface area (Å²) in [6.07, 6.45) is 0. The molecule has 0 fully saturated rings. The van der Waals surface area contributed by atoms with Crippen molar-refractivity contribution in [2.45, 2.75) is 13.8 Å². The van der Waals surface area contributed by atoms with Gasteiger partial charge in [0.25, 0.3) is 0 Å². The number of hydrogen-bond donors (Lipinski definition) is 0. The number of aryl methyl sites for hydroxylation is 2. The molecular weight excluding hydrogens is 267 g/mol. The van der Waals surface area contributed by atoms with E-state index in [0.29, 0.717) is 21.2 Å². The summed E-state index contributed by atoms with van der Waals surface area (Å²) in [7, 11) is 0. The highest BCUT2D eigenvalue weighted by atomic mass is 35.5. The van der Waals surface area contributed by atoms with Crippen molar-refractivity contribution >= 4 is 29.0 Å². The van der Waals surface area contributed by atoms with Crippen LogP contribution >= 0.6 is 23.2 Å². The van der Waals surface area contributed by atoms with Crippen molar-refractivity contribution in [3.63, 3.8) is 0 Å². The number of rotatable bonds is 2. The van der Waals surface area contributed by atoms with Crippen LogP contribution in [-0.4, -0.2) is 5.78 Å². The predicted molar refractivity (Wildman–Crippen MR) is 75.8 cm³/mol. The van der Waals surface area contributed by atoms with Gasteiger partial charge in [0.15, 0.2) is 5.78 Å². The van der Waals surface area contributed by atoms with Gasteiger partial charge in [-0.05, 0) is 37.6 Å². The minimum atomic E-state index is -0.133. The summed E-state index contributed by atoms with van der Waals surface area (Å²) in [5.74, 6) is -0.133. The molecule has 0 heterocycles. The summed E-state index contributed by atoms with van der Waals surface area (Å²) < 4.78 is 0. The van der Waals surface area contributed by atoms with E-state index in [-0.39, 0.29) is 5.78 Å². The number of carbonyl (C=O) groups excluding carboxylic acids is 1. The summed E-state index contributed by atoms with van der Waals surface area (Å²) in [4.78, 5) is 12.5. The van der Waals surface area contributed by atoms with E-state index < -0.39 is 0 Å². The number of halogens is 2. The molecule has 0 aliphatic carbocycles. The van der Waals surface area contributed by atoms with Gasteiger partial charge in [0, 0.05) is 5.56 Å². The number of carbonyl (C=O) groups is 1. The molecule has 0 bridgehead atoms. The lowest BCUT2D eigenvalue weighted by atomic mass is 9.97. The summed E-state index contributed by atoms with van der Waals surface area (Å²) >= 11 is 12.1. The van der Waals surface area contributed by atoms with Crippen LogP contribution < -0.4 is 0 Å². The Morgan fingerprint density at radius 3 is 2.22 bits per heavy atom. The molecule has 0 amide bonds. The number of hydrogen-bond acceptors (Lipinski definition) is 1. The first kappa shape index (κ1) is 13.1. The van der Waals surface area contributed by atoms with Crippen molar-refractivity contribution in [2.75, 3.05) is 0 Å². The first-order chi connectivity index (χ1) is 8.50. The number of ketones is 1. The molecule has 2 aromatic rings. The molecular formula is C15H12Cl2O. The van der Waals surface area contributed by atoms with E-state index >= 15 is 0 Å². The number of benzene rings is 2. The van der Waals surface area contributed by atoms with E-state index in [4.69, 9.17) is 23.2 Å². The monoisotopic (exact) mass is 278 g/mol. The molecule has 0 saturated heterocycles. The summed E-state index contributed by atoms with van der Waals surface area (Å²) in [6, 6.07) is 10.8. The van der Waals surface area contributed by atoms with Crippen LogP contribution in [0.5, 0.6) is 0 Å². The van der Waals surface area contributed by atoms with Gasteiger partial charge < -0.3 is 0 Å². The van der Waals surface area contributed by atoms with Crippen LogP contribution in [0.3, 0.4) is 0 Å². The maximum absolute atomic E-state index is 12.5. The Kier molecular flexibility index (Phi) is 3.74. The van der Waals surface area contributed by atoms with Crippen molar-refractivity contribution in [2.24, 2.45) is 0 Å². The standard InChI is InChI=1S/C15H12Cl2O/c1-9-6-7-10(2)11(8-9)15(18)14-12(16)4-3-5-13(14)17/h3-8H,1-2H3. The molecule has 0 unspecified atom stereocenters. The summed E-state index contributed by atoms with van der Waals surface area (Å²) in [5, 5.41) is 0.766. The van der Waals surface area contributed by atoms with Gasteiger partial charge in [0.1, 0.15) is 0 Å². The molecule has 0 aliphatic heterocycles. The van der Waals surface area contributed by atoms with Crippen LogP contribution in [0.2, 0.25) is 10.0 Å². The van der Waals surface area contributed by atoms with Crippen LogP contribution in [0.15, 0.2) is 36.4 Å². The zero-order chi connectivity index (χ0) is 13.3. The Bertz CT molecular complexity index is 598. The van der Waals surface area contributed by atoms with Crippen molar-refractivity contribution in [1.29, 1.82) is 0 Å². The maximum Gasteiger partial charge on any atom is 0.196 e. The molecule has 1 nitrogen and oxygen atoms in total. The topological polar surface area (TPSA) is 17.1 Å². The minimum absolute atomic E-state index is 0.133. The summed E-state index contributed by atoms with van der Waals surface area (Å²) in [5.41, 5.74) is 2.97. The van der Waals surface area contributed by atoms with E-state index in [1.165, 1.54) is 0 Å². The summed E-state index contributed by atoms with van der Waals surface area (Å²) in [6.45, 7) is 3.85. The quantitative estimate of drug-likeness (QED) is 0.719. The highest BCUT2D eigenvalue weighted by Crippen LogP contribution is 2.28. The zero-order valence-electron chi connectivity index (χ0n) is 10.1. The van der Waals surface area contributed by atoms with E-state index in [9.17, 15) is 4.79 Å². The smallest absolute Gasteiger partial charge is 0.196 e. The van der Waals surface area contributed by atoms with E-state index in [2.05, 4.69) is 0 Å². The molecule has 0 radical (unpaired) electrons. The van der Waals surface area contributed by atoms with E-state index in [0.717, 1.165) is 11.1 Å². The third kappa shape index (κ3) is 2.43. The first-order valence-corrected chi connectivity index (χ1v) is 6.32. The van der Waals surface area contributed by atoms with E-state index in [1.54, 1.807) is 18.2 Å². The normalized spacial score (nSPS) is 10.4. The second-order valence-electron chi connectivity index (χ2n) is 4.24. The van der Waals surface area contributed by atoms with Crippen LogP contribution in [0.25, 0.3) is 0 Å². The Balaban J connectivity index is 2.58. The lowest BCUT2D eigenvalue weighted by Crippen LogP contribution is -2.05. The molecule has 0 spiro atoms. The lowest BCUT2D eigenvalue weighted by molar-refractivity contribution is 0.103. The van der Waals surface area contributed by atoms with Crippen LogP contribution in [0.1, 0.15) is 27.0 Å². The SMILES string of the molecule is Cc1ccc(C)c(C(=O)c2c(Cl)cccc2Cl)c1. The van der Waals surface area contributed by atoms with Crippen LogP contribution in [0.4, 0.5) is 0 Å². The van der Waals surface area contributed by atoms with Crippen LogP contribution in [-0.2, 0) is 0 Å². The second kappa shape index (κ2) is 5.13. The molecule has 0 atom stereocenters. The third-order valence-electron chi connectivity index (χ3n) is 2.83. The fourth-order valence-electron chi connectivity index (χ4n) is 1.83. The zero-order valence-corrected chi connectivity index (χ0v) is 11.6. The predicted octanol–water partition coefficient (Wildman–Crippen LogP) is 4.84. The van der Waals surface area contributed by atoms with Gasteiger partial charge in [-0.15, -0.1) is 0 Å². The fraction of sp³-hybridized carbons (Fsp3) is 0.133. The largest absolute Gasteiger partial charge is 0.288 e. The molecule has 0 saturated carbocycles. The van der Waals surface area contributed by atoms with Crippen molar-refractivity contribution in [1.82, 2.24) is 0 Å². The highest BCUT2D eigenvalue weighted by molar-refractivity contribution is 6.41. The lowest BCUT2D eigenvalue weighted by Gasteiger charge is -2.09. The van der Waals surface area contributed by atoms with E-state index in [1.807, 2.05) is 32.0 Å². The van der Waals surface area contributed by atoms with Gasteiger partial charge in [-0.2, -0.15) is 0 Å². The van der Waals surface area contributed by atoms with Crippen molar-refractivity contribution in [3.8, 4) is 0 Å². The molecule has 3 heteroatoms. The van der Waals surface area contributed by atoms with Crippen molar-refractivity contribution in [3.05, 3.63) is 68.7 Å². The molecule has 0 N–H and O–H groups in total. The van der Waals surface area contributed by atoms with Gasteiger partial charge in [0.2, 0.25) is 0 Å². The Hall–Kier alpha value is -1.31. The fourth-order valence-corrected chi connectivity index (χ4v) is 2.40. The van der Waals surface area contributed by atoms with Gasteiger partial charge in [-0.3, -0.25) is 4.79 Å². The van der Waals surface area contributed by atoms with Gasteiger partial charge in [0.05, 0.1) is 15.6 Å². The average Bonchev–Trinajstić information content (AvgIpc) is 2.32. The molecule has 18 heavy (non-hydrogen) atoms. The first-order valence-electron chi connectivity index (χ1n) is 5.56. The molecule has 2 rings (SSSR count). The molecule has 0 aromatic heterocycles.